The molecule has 8 nitrogen and oxygen atoms in total. The zero-order chi connectivity index (χ0) is 21.8. The number of nitrogens with zero attached hydrogens (tertiary/aromatic N) is 3. The average molecular weight is 425 g/mol. The van der Waals surface area contributed by atoms with Crippen LogP contribution in [-0.4, -0.2) is 54.7 Å². The van der Waals surface area contributed by atoms with Crippen molar-refractivity contribution in [1.29, 1.82) is 0 Å². The van der Waals surface area contributed by atoms with Crippen LogP contribution in [0.3, 0.4) is 0 Å². The maximum absolute atomic E-state index is 12.9. The summed E-state index contributed by atoms with van der Waals surface area (Å²) in [4.78, 5) is 33.8. The van der Waals surface area contributed by atoms with Gasteiger partial charge in [0, 0.05) is 44.8 Å². The molecule has 1 aromatic carbocycles. The molecule has 3 heterocycles. The van der Waals surface area contributed by atoms with E-state index in [2.05, 4.69) is 15.2 Å². The highest BCUT2D eigenvalue weighted by Gasteiger charge is 2.26. The summed E-state index contributed by atoms with van der Waals surface area (Å²) in [5.41, 5.74) is 1.46. The van der Waals surface area contributed by atoms with Crippen LogP contribution < -0.4 is 19.7 Å². The summed E-state index contributed by atoms with van der Waals surface area (Å²) >= 11 is 0. The van der Waals surface area contributed by atoms with Gasteiger partial charge in [0.15, 0.2) is 11.5 Å². The highest BCUT2D eigenvalue weighted by atomic mass is 16.7. The maximum Gasteiger partial charge on any atom is 0.255 e. The van der Waals surface area contributed by atoms with Crippen LogP contribution in [0.5, 0.6) is 11.5 Å². The molecule has 0 spiro atoms. The molecule has 2 amide bonds. The molecule has 0 bridgehead atoms. The molecule has 1 aromatic heterocycles. The van der Waals surface area contributed by atoms with E-state index in [1.165, 1.54) is 0 Å². The van der Waals surface area contributed by atoms with Gasteiger partial charge in [0.1, 0.15) is 5.82 Å². The van der Waals surface area contributed by atoms with E-state index in [1.807, 2.05) is 36.9 Å². The highest BCUT2D eigenvalue weighted by Crippen LogP contribution is 2.32. The van der Waals surface area contributed by atoms with E-state index in [0.717, 1.165) is 17.7 Å². The Morgan fingerprint density at radius 3 is 2.68 bits per heavy atom. The molecule has 31 heavy (non-hydrogen) atoms. The van der Waals surface area contributed by atoms with Gasteiger partial charge in [-0.05, 0) is 36.2 Å². The number of carbonyl (C=O) groups excluding carboxylic acids is 2. The molecule has 164 valence electrons. The molecule has 4 rings (SSSR count). The van der Waals surface area contributed by atoms with Gasteiger partial charge in [-0.25, -0.2) is 4.98 Å². The number of piperazine rings is 1. The Hall–Kier alpha value is -3.29. The smallest absolute Gasteiger partial charge is 0.255 e. The lowest BCUT2D eigenvalue weighted by atomic mass is 10.1. The number of rotatable bonds is 6. The molecule has 2 aromatic rings. The van der Waals surface area contributed by atoms with Crippen LogP contribution in [0.4, 0.5) is 5.82 Å². The van der Waals surface area contributed by atoms with E-state index in [-0.39, 0.29) is 24.5 Å². The van der Waals surface area contributed by atoms with E-state index in [9.17, 15) is 9.59 Å². The molecule has 1 N–H and O–H groups in total. The highest BCUT2D eigenvalue weighted by molar-refractivity contribution is 5.98. The second kappa shape index (κ2) is 9.24. The largest absolute Gasteiger partial charge is 0.454 e. The first-order valence-electron chi connectivity index (χ1n) is 10.7. The average Bonchev–Trinajstić information content (AvgIpc) is 3.29. The molecule has 0 aliphatic carbocycles. The zero-order valence-corrected chi connectivity index (χ0v) is 18.0. The fraction of sp³-hybridized carbons (Fsp3) is 0.435. The van der Waals surface area contributed by atoms with Gasteiger partial charge in [-0.15, -0.1) is 0 Å². The summed E-state index contributed by atoms with van der Waals surface area (Å²) in [6.45, 7) is 7.18. The Morgan fingerprint density at radius 2 is 1.90 bits per heavy atom. The molecule has 0 saturated carbocycles. The Bertz CT molecular complexity index is 956. The molecule has 2 aliphatic heterocycles. The lowest BCUT2D eigenvalue weighted by molar-refractivity contribution is -0.135. The van der Waals surface area contributed by atoms with Crippen molar-refractivity contribution in [2.75, 3.05) is 37.9 Å². The SMILES string of the molecule is CC[C@@H](C)C(=O)N1CCN(c2ncccc2C(=O)NCc2ccc3c(c2)OCO3)CC1. The van der Waals surface area contributed by atoms with Crippen molar-refractivity contribution in [3.8, 4) is 11.5 Å². The minimum Gasteiger partial charge on any atom is -0.454 e. The van der Waals surface area contributed by atoms with Crippen molar-refractivity contribution in [2.45, 2.75) is 26.8 Å². The summed E-state index contributed by atoms with van der Waals surface area (Å²) in [7, 11) is 0. The minimum absolute atomic E-state index is 0.0407. The van der Waals surface area contributed by atoms with Crippen molar-refractivity contribution < 1.29 is 19.1 Å². The first kappa shape index (κ1) is 21.0. The number of nitrogens with one attached hydrogen (secondary N) is 1. The fourth-order valence-corrected chi connectivity index (χ4v) is 3.78. The molecule has 1 atom stereocenters. The Kier molecular flexibility index (Phi) is 6.25. The lowest BCUT2D eigenvalue weighted by Gasteiger charge is -2.37. The van der Waals surface area contributed by atoms with Gasteiger partial charge in [0.2, 0.25) is 12.7 Å². The summed E-state index contributed by atoms with van der Waals surface area (Å²) in [6.07, 6.45) is 2.54. The van der Waals surface area contributed by atoms with Crippen LogP contribution in [0, 0.1) is 5.92 Å². The number of anilines is 1. The Balaban J connectivity index is 1.39. The number of benzene rings is 1. The van der Waals surface area contributed by atoms with Gasteiger partial charge in [0.05, 0.1) is 5.56 Å². The van der Waals surface area contributed by atoms with Crippen molar-refractivity contribution in [1.82, 2.24) is 15.2 Å². The number of amides is 2. The third-order valence-electron chi connectivity index (χ3n) is 5.85. The summed E-state index contributed by atoms with van der Waals surface area (Å²) < 4.78 is 10.7. The van der Waals surface area contributed by atoms with E-state index in [0.29, 0.717) is 49.9 Å². The normalized spacial score (nSPS) is 16.2. The molecule has 0 unspecified atom stereocenters. The Morgan fingerprint density at radius 1 is 1.13 bits per heavy atom. The van der Waals surface area contributed by atoms with Crippen LogP contribution in [0.1, 0.15) is 36.2 Å². The molecule has 2 aliphatic rings. The molecule has 8 heteroatoms. The van der Waals surface area contributed by atoms with Gasteiger partial charge in [-0.1, -0.05) is 19.9 Å². The van der Waals surface area contributed by atoms with E-state index in [1.54, 1.807) is 18.3 Å². The lowest BCUT2D eigenvalue weighted by Crippen LogP contribution is -2.50. The Labute approximate surface area is 182 Å². The molecule has 1 fully saturated rings. The number of hydrogen-bond acceptors (Lipinski definition) is 6. The first-order valence-corrected chi connectivity index (χ1v) is 10.7. The predicted molar refractivity (Wildman–Crippen MR) is 116 cm³/mol. The van der Waals surface area contributed by atoms with Crippen LogP contribution >= 0.6 is 0 Å². The summed E-state index contributed by atoms with van der Waals surface area (Å²) in [5, 5.41) is 2.97. The van der Waals surface area contributed by atoms with Crippen molar-refractivity contribution in [3.05, 3.63) is 47.7 Å². The number of pyridine rings is 1. The van der Waals surface area contributed by atoms with Gasteiger partial charge in [0.25, 0.3) is 5.91 Å². The number of hydrogen-bond donors (Lipinski definition) is 1. The number of ether oxygens (including phenoxy) is 2. The second-order valence-corrected chi connectivity index (χ2v) is 7.87. The predicted octanol–water partition coefficient (Wildman–Crippen LogP) is 2.44. The van der Waals surface area contributed by atoms with Crippen LogP contribution in [0.25, 0.3) is 0 Å². The second-order valence-electron chi connectivity index (χ2n) is 7.87. The topological polar surface area (TPSA) is 84.0 Å². The van der Waals surface area contributed by atoms with Crippen LogP contribution in [0.15, 0.2) is 36.5 Å². The summed E-state index contributed by atoms with van der Waals surface area (Å²) in [6, 6.07) is 9.18. The van der Waals surface area contributed by atoms with Crippen LogP contribution in [-0.2, 0) is 11.3 Å². The van der Waals surface area contributed by atoms with Gasteiger partial charge >= 0.3 is 0 Å². The van der Waals surface area contributed by atoms with Crippen LogP contribution in [0.2, 0.25) is 0 Å². The fourth-order valence-electron chi connectivity index (χ4n) is 3.78. The van der Waals surface area contributed by atoms with E-state index < -0.39 is 0 Å². The third kappa shape index (κ3) is 4.57. The molecule has 0 radical (unpaired) electrons. The molecular formula is C23H28N4O4. The van der Waals surface area contributed by atoms with Gasteiger partial charge in [-0.2, -0.15) is 0 Å². The monoisotopic (exact) mass is 424 g/mol. The van der Waals surface area contributed by atoms with Crippen molar-refractivity contribution in [2.24, 2.45) is 5.92 Å². The first-order chi connectivity index (χ1) is 15.1. The van der Waals surface area contributed by atoms with E-state index >= 15 is 0 Å². The minimum atomic E-state index is -0.182. The number of fused-ring (bicyclic) bond motifs is 1. The maximum atomic E-state index is 12.9. The third-order valence-corrected chi connectivity index (χ3v) is 5.85. The van der Waals surface area contributed by atoms with Gasteiger partial charge < -0.3 is 24.6 Å². The van der Waals surface area contributed by atoms with Crippen molar-refractivity contribution in [3.63, 3.8) is 0 Å². The number of carbonyl (C=O) groups is 2. The standard InChI is InChI=1S/C23H28N4O4/c1-3-16(2)23(29)27-11-9-26(10-12-27)21-18(5-4-8-24-21)22(28)25-14-17-6-7-19-20(13-17)31-15-30-19/h4-8,13,16H,3,9-12,14-15H2,1-2H3,(H,25,28)/t16-/m1/s1. The molecule has 1 saturated heterocycles. The van der Waals surface area contributed by atoms with E-state index in [4.69, 9.17) is 9.47 Å². The summed E-state index contributed by atoms with van der Waals surface area (Å²) in [5.74, 6) is 2.12. The zero-order valence-electron chi connectivity index (χ0n) is 18.0. The van der Waals surface area contributed by atoms with Crippen molar-refractivity contribution >= 4 is 17.6 Å². The number of aromatic nitrogens is 1. The molecular weight excluding hydrogens is 396 g/mol. The van der Waals surface area contributed by atoms with Gasteiger partial charge in [-0.3, -0.25) is 9.59 Å². The quantitative estimate of drug-likeness (QED) is 0.767.